The summed E-state index contributed by atoms with van der Waals surface area (Å²) in [6.07, 6.45) is 0.109. The molecule has 1 fully saturated rings. The van der Waals surface area contributed by atoms with Crippen molar-refractivity contribution in [2.75, 3.05) is 20.1 Å². The summed E-state index contributed by atoms with van der Waals surface area (Å²) in [4.78, 5) is 1.91. The Morgan fingerprint density at radius 3 is 2.17 bits per heavy atom. The summed E-state index contributed by atoms with van der Waals surface area (Å²) in [6, 6.07) is 0. The van der Waals surface area contributed by atoms with Crippen LogP contribution in [-0.4, -0.2) is 25.0 Å². The molecule has 1 saturated heterocycles. The predicted molar refractivity (Wildman–Crippen MR) is 21.8 cm³/mol. The molecule has 0 amide bonds. The second-order valence-electron chi connectivity index (χ2n) is 1.69. The number of hydrogen-bond acceptors (Lipinski definition) is 1. The normalized spacial score (nSPS) is 27.0. The lowest BCUT2D eigenvalue weighted by Gasteiger charge is -2.28. The average molecular weight is 88.1 g/mol. The van der Waals surface area contributed by atoms with E-state index in [2.05, 4.69) is 0 Å². The summed E-state index contributed by atoms with van der Waals surface area (Å²) >= 11 is 0. The molecule has 1 aliphatic rings. The monoisotopic (exact) mass is 88.1 g/mol. The Balaban J connectivity index is 2.11. The Bertz CT molecular complexity index is 43.5. The Kier molecular flexibility index (Phi) is 0.804. The van der Waals surface area contributed by atoms with Crippen LogP contribution in [-0.2, 0) is 0 Å². The van der Waals surface area contributed by atoms with Gasteiger partial charge in [-0.3, -0.25) is 4.90 Å². The molecule has 35 valence electrons. The van der Waals surface area contributed by atoms with Crippen molar-refractivity contribution < 1.29 is 4.39 Å². The minimum absolute atomic E-state index is 0.109. The topological polar surface area (TPSA) is 3.24 Å². The number of rotatable bonds is 0. The van der Waals surface area contributed by atoms with Gasteiger partial charge < -0.3 is 0 Å². The lowest BCUT2D eigenvalue weighted by molar-refractivity contribution is 0.179. The third-order valence-corrected chi connectivity index (χ3v) is 0.883. The first-order valence-electron chi connectivity index (χ1n) is 1.98. The summed E-state index contributed by atoms with van der Waals surface area (Å²) in [7, 11) is 1.89. The molecule has 1 aliphatic heterocycles. The van der Waals surface area contributed by atoms with Crippen LogP contribution in [0.3, 0.4) is 0 Å². The molecule has 0 bridgehead atoms. The predicted octanol–water partition coefficient (Wildman–Crippen LogP) is 0.433. The lowest BCUT2D eigenvalue weighted by Crippen LogP contribution is -2.39. The van der Waals surface area contributed by atoms with Crippen LogP contribution in [0.2, 0.25) is 0 Å². The van der Waals surface area contributed by atoms with E-state index < -0.39 is 0 Å². The van der Waals surface area contributed by atoms with Crippen LogP contribution >= 0.6 is 0 Å². The summed E-state index contributed by atoms with van der Waals surface area (Å²) < 4.78 is 11.6. The third kappa shape index (κ3) is 0.522. The second kappa shape index (κ2) is 1.19. The zero-order chi connectivity index (χ0) is 4.57. The third-order valence-electron chi connectivity index (χ3n) is 0.883. The van der Waals surface area contributed by atoms with Gasteiger partial charge in [-0.2, -0.15) is 0 Å². The SMILES string of the molecule is CN1C[C](F)C1. The molecule has 0 aromatic carbocycles. The van der Waals surface area contributed by atoms with Gasteiger partial charge in [0.1, 0.15) is 0 Å². The van der Waals surface area contributed by atoms with Gasteiger partial charge in [-0.25, -0.2) is 4.39 Å². The number of halogens is 1. The fraction of sp³-hybridized carbons (Fsp3) is 0.750. The van der Waals surface area contributed by atoms with E-state index in [0.29, 0.717) is 13.1 Å². The molecule has 0 saturated carbocycles. The van der Waals surface area contributed by atoms with E-state index in [1.807, 2.05) is 11.9 Å². The van der Waals surface area contributed by atoms with Crippen molar-refractivity contribution in [1.29, 1.82) is 0 Å². The molecule has 1 nitrogen and oxygen atoms in total. The van der Waals surface area contributed by atoms with Crippen LogP contribution in [0.1, 0.15) is 0 Å². The van der Waals surface area contributed by atoms with E-state index in [4.69, 9.17) is 0 Å². The first-order valence-corrected chi connectivity index (χ1v) is 1.98. The molecular weight excluding hydrogens is 81.0 g/mol. The van der Waals surface area contributed by atoms with Gasteiger partial charge in [0, 0.05) is 13.1 Å². The largest absolute Gasteiger partial charge is 0.300 e. The van der Waals surface area contributed by atoms with Crippen LogP contribution < -0.4 is 0 Å². The number of likely N-dealkylation sites (tertiary alicyclic amines) is 1. The molecule has 0 unspecified atom stereocenters. The van der Waals surface area contributed by atoms with Crippen LogP contribution in [0.4, 0.5) is 4.39 Å². The maximum Gasteiger partial charge on any atom is 0.172 e. The molecule has 0 N–H and O–H groups in total. The zero-order valence-electron chi connectivity index (χ0n) is 3.74. The first-order chi connectivity index (χ1) is 2.79. The van der Waals surface area contributed by atoms with Gasteiger partial charge in [0.15, 0.2) is 6.17 Å². The molecule has 0 aromatic rings. The van der Waals surface area contributed by atoms with Crippen molar-refractivity contribution in [3.63, 3.8) is 0 Å². The highest BCUT2D eigenvalue weighted by molar-refractivity contribution is 4.93. The Morgan fingerprint density at radius 1 is 1.67 bits per heavy atom. The first kappa shape index (κ1) is 4.06. The van der Waals surface area contributed by atoms with Crippen LogP contribution in [0.15, 0.2) is 0 Å². The van der Waals surface area contributed by atoms with Crippen molar-refractivity contribution in [2.45, 2.75) is 0 Å². The number of nitrogens with zero attached hydrogens (tertiary/aromatic N) is 1. The van der Waals surface area contributed by atoms with E-state index in [1.54, 1.807) is 0 Å². The fourth-order valence-electron chi connectivity index (χ4n) is 0.539. The van der Waals surface area contributed by atoms with Crippen LogP contribution in [0.25, 0.3) is 0 Å². The van der Waals surface area contributed by atoms with Crippen molar-refractivity contribution in [3.8, 4) is 0 Å². The van der Waals surface area contributed by atoms with Gasteiger partial charge in [-0.1, -0.05) is 0 Å². The van der Waals surface area contributed by atoms with Crippen molar-refractivity contribution in [1.82, 2.24) is 4.90 Å². The quantitative estimate of drug-likeness (QED) is 0.415. The van der Waals surface area contributed by atoms with E-state index in [1.165, 1.54) is 0 Å². The fourth-order valence-corrected chi connectivity index (χ4v) is 0.539. The zero-order valence-corrected chi connectivity index (χ0v) is 3.74. The van der Waals surface area contributed by atoms with E-state index in [0.717, 1.165) is 0 Å². The van der Waals surface area contributed by atoms with Crippen LogP contribution in [0.5, 0.6) is 0 Å². The Morgan fingerprint density at radius 2 is 2.17 bits per heavy atom. The molecule has 0 aromatic heterocycles. The smallest absolute Gasteiger partial charge is 0.172 e. The Hall–Kier alpha value is -0.110. The highest BCUT2D eigenvalue weighted by Crippen LogP contribution is 2.14. The van der Waals surface area contributed by atoms with E-state index in [9.17, 15) is 4.39 Å². The summed E-state index contributed by atoms with van der Waals surface area (Å²) in [5.41, 5.74) is 0. The minimum atomic E-state index is 0.109. The molecule has 0 aliphatic carbocycles. The van der Waals surface area contributed by atoms with Crippen molar-refractivity contribution in [3.05, 3.63) is 6.17 Å². The molecular formula is C4H7FN. The average Bonchev–Trinajstić information content (AvgIpc) is 1.33. The molecule has 1 heterocycles. The number of hydrogen-bond donors (Lipinski definition) is 0. The summed E-state index contributed by atoms with van der Waals surface area (Å²) in [6.45, 7) is 1.11. The molecule has 0 spiro atoms. The van der Waals surface area contributed by atoms with Gasteiger partial charge >= 0.3 is 0 Å². The molecule has 0 atom stereocenters. The van der Waals surface area contributed by atoms with Gasteiger partial charge in [0.05, 0.1) is 0 Å². The second-order valence-corrected chi connectivity index (χ2v) is 1.69. The summed E-state index contributed by atoms with van der Waals surface area (Å²) in [5.74, 6) is 0. The highest BCUT2D eigenvalue weighted by Gasteiger charge is 2.22. The molecule has 1 rings (SSSR count). The van der Waals surface area contributed by atoms with Gasteiger partial charge in [0.2, 0.25) is 0 Å². The van der Waals surface area contributed by atoms with E-state index >= 15 is 0 Å². The Labute approximate surface area is 36.8 Å². The minimum Gasteiger partial charge on any atom is -0.300 e. The highest BCUT2D eigenvalue weighted by atomic mass is 19.1. The van der Waals surface area contributed by atoms with Crippen LogP contribution in [0, 0.1) is 6.17 Å². The molecule has 2 heteroatoms. The van der Waals surface area contributed by atoms with Crippen molar-refractivity contribution in [2.24, 2.45) is 0 Å². The lowest BCUT2D eigenvalue weighted by atomic mass is 10.2. The van der Waals surface area contributed by atoms with Gasteiger partial charge in [-0.15, -0.1) is 0 Å². The maximum absolute atomic E-state index is 11.6. The van der Waals surface area contributed by atoms with E-state index in [-0.39, 0.29) is 6.17 Å². The maximum atomic E-state index is 11.6. The molecule has 1 radical (unpaired) electrons. The molecule has 6 heavy (non-hydrogen) atoms. The van der Waals surface area contributed by atoms with Crippen molar-refractivity contribution >= 4 is 0 Å². The standard InChI is InChI=1S/C4H7FN/c1-6-2-4(5)3-6/h2-3H2,1H3. The summed E-state index contributed by atoms with van der Waals surface area (Å²) in [5, 5.41) is 0. The van der Waals surface area contributed by atoms with Gasteiger partial charge in [0.25, 0.3) is 0 Å². The van der Waals surface area contributed by atoms with Gasteiger partial charge in [-0.05, 0) is 7.05 Å².